The molecule has 0 atom stereocenters. The highest BCUT2D eigenvalue weighted by atomic mass is 19.1. The largest absolute Gasteiger partial charge is 0.396 e. The number of hydrogen-bond donors (Lipinski definition) is 2. The molecule has 0 aromatic heterocycles. The Morgan fingerprint density at radius 3 is 2.37 bits per heavy atom. The molecule has 2 aromatic carbocycles. The molecule has 0 aliphatic heterocycles. The van der Waals surface area contributed by atoms with Crippen molar-refractivity contribution in [2.24, 2.45) is 0 Å². The van der Waals surface area contributed by atoms with Gasteiger partial charge < -0.3 is 11.1 Å². The molecule has 0 heterocycles. The van der Waals surface area contributed by atoms with Crippen molar-refractivity contribution in [1.82, 2.24) is 0 Å². The summed E-state index contributed by atoms with van der Waals surface area (Å²) in [5.74, 6) is -0.386. The van der Waals surface area contributed by atoms with Crippen molar-refractivity contribution in [3.05, 3.63) is 59.4 Å². The van der Waals surface area contributed by atoms with E-state index in [1.165, 1.54) is 17.2 Å². The summed E-state index contributed by atoms with van der Waals surface area (Å²) >= 11 is 0. The Labute approximate surface area is 113 Å². The number of hydrogen-bond acceptors (Lipinski definition) is 2. The SMILES string of the molecule is CCCc1ccc(CNc2ccc(N)c(F)c2)cc1. The Hall–Kier alpha value is -2.03. The van der Waals surface area contributed by atoms with Crippen LogP contribution in [0.5, 0.6) is 0 Å². The van der Waals surface area contributed by atoms with E-state index in [1.54, 1.807) is 12.1 Å². The number of anilines is 2. The Morgan fingerprint density at radius 2 is 1.74 bits per heavy atom. The number of aryl methyl sites for hydroxylation is 1. The number of benzene rings is 2. The summed E-state index contributed by atoms with van der Waals surface area (Å²) in [5.41, 5.74) is 8.88. The van der Waals surface area contributed by atoms with Gasteiger partial charge in [0, 0.05) is 12.2 Å². The Balaban J connectivity index is 1.96. The van der Waals surface area contributed by atoms with Gasteiger partial charge in [-0.05, 0) is 35.7 Å². The standard InChI is InChI=1S/C16H19FN2/c1-2-3-12-4-6-13(7-5-12)11-19-14-8-9-16(18)15(17)10-14/h4-10,19H,2-3,11,18H2,1H3. The predicted octanol–water partition coefficient (Wildman–Crippen LogP) is 3.97. The minimum absolute atomic E-state index is 0.175. The Kier molecular flexibility index (Phi) is 4.39. The Bertz CT molecular complexity index is 535. The minimum atomic E-state index is -0.386. The van der Waals surface area contributed by atoms with Crippen LogP contribution in [-0.2, 0) is 13.0 Å². The first-order valence-corrected chi connectivity index (χ1v) is 6.55. The summed E-state index contributed by atoms with van der Waals surface area (Å²) in [6.45, 7) is 2.85. The van der Waals surface area contributed by atoms with Gasteiger partial charge in [0.25, 0.3) is 0 Å². The van der Waals surface area contributed by atoms with Crippen molar-refractivity contribution in [2.75, 3.05) is 11.1 Å². The lowest BCUT2D eigenvalue weighted by Gasteiger charge is -2.08. The molecule has 0 saturated heterocycles. The molecule has 0 bridgehead atoms. The smallest absolute Gasteiger partial charge is 0.148 e. The van der Waals surface area contributed by atoms with E-state index in [4.69, 9.17) is 5.73 Å². The van der Waals surface area contributed by atoms with E-state index in [0.717, 1.165) is 18.5 Å². The molecule has 2 nitrogen and oxygen atoms in total. The van der Waals surface area contributed by atoms with Gasteiger partial charge in [0.15, 0.2) is 0 Å². The van der Waals surface area contributed by atoms with Gasteiger partial charge in [-0.2, -0.15) is 0 Å². The maximum absolute atomic E-state index is 13.3. The zero-order valence-corrected chi connectivity index (χ0v) is 11.1. The summed E-state index contributed by atoms with van der Waals surface area (Å²) < 4.78 is 13.3. The van der Waals surface area contributed by atoms with Gasteiger partial charge in [0.2, 0.25) is 0 Å². The first kappa shape index (κ1) is 13.4. The molecule has 3 N–H and O–H groups in total. The van der Waals surface area contributed by atoms with Crippen molar-refractivity contribution in [3.8, 4) is 0 Å². The van der Waals surface area contributed by atoms with Gasteiger partial charge in [-0.25, -0.2) is 4.39 Å². The van der Waals surface area contributed by atoms with Crippen molar-refractivity contribution in [2.45, 2.75) is 26.3 Å². The topological polar surface area (TPSA) is 38.0 Å². The van der Waals surface area contributed by atoms with Crippen LogP contribution < -0.4 is 11.1 Å². The third kappa shape index (κ3) is 3.71. The van der Waals surface area contributed by atoms with E-state index in [1.807, 2.05) is 0 Å². The molecule has 0 aliphatic carbocycles. The van der Waals surface area contributed by atoms with Crippen LogP contribution in [0, 0.1) is 5.82 Å². The Morgan fingerprint density at radius 1 is 1.05 bits per heavy atom. The fraction of sp³-hybridized carbons (Fsp3) is 0.250. The second-order valence-electron chi connectivity index (χ2n) is 4.66. The van der Waals surface area contributed by atoms with Crippen LogP contribution in [0.15, 0.2) is 42.5 Å². The van der Waals surface area contributed by atoms with Gasteiger partial charge in [-0.1, -0.05) is 37.6 Å². The third-order valence-corrected chi connectivity index (χ3v) is 3.06. The highest BCUT2D eigenvalue weighted by molar-refractivity contribution is 5.52. The fourth-order valence-electron chi connectivity index (χ4n) is 1.95. The van der Waals surface area contributed by atoms with E-state index in [-0.39, 0.29) is 11.5 Å². The highest BCUT2D eigenvalue weighted by Gasteiger charge is 2.00. The average molecular weight is 258 g/mol. The number of nitrogen functional groups attached to an aromatic ring is 1. The number of nitrogens with two attached hydrogens (primary N) is 1. The van der Waals surface area contributed by atoms with Gasteiger partial charge in [0.05, 0.1) is 5.69 Å². The normalized spacial score (nSPS) is 10.4. The van der Waals surface area contributed by atoms with Crippen molar-refractivity contribution >= 4 is 11.4 Å². The third-order valence-electron chi connectivity index (χ3n) is 3.06. The molecule has 0 radical (unpaired) electrons. The van der Waals surface area contributed by atoms with Gasteiger partial charge in [-0.15, -0.1) is 0 Å². The molecule has 0 saturated carbocycles. The molecule has 0 aliphatic rings. The molecule has 2 aromatic rings. The first-order chi connectivity index (χ1) is 9.19. The fourth-order valence-corrected chi connectivity index (χ4v) is 1.95. The highest BCUT2D eigenvalue weighted by Crippen LogP contribution is 2.17. The van der Waals surface area contributed by atoms with Crippen LogP contribution in [0.1, 0.15) is 24.5 Å². The molecule has 0 amide bonds. The molecule has 3 heteroatoms. The van der Waals surface area contributed by atoms with Crippen LogP contribution >= 0.6 is 0 Å². The maximum atomic E-state index is 13.3. The van der Waals surface area contributed by atoms with Crippen LogP contribution in [0.4, 0.5) is 15.8 Å². The lowest BCUT2D eigenvalue weighted by Crippen LogP contribution is -2.01. The summed E-state index contributed by atoms with van der Waals surface area (Å²) in [6, 6.07) is 13.3. The zero-order valence-electron chi connectivity index (χ0n) is 11.1. The van der Waals surface area contributed by atoms with Gasteiger partial charge in [-0.3, -0.25) is 0 Å². The van der Waals surface area contributed by atoms with Crippen LogP contribution in [-0.4, -0.2) is 0 Å². The summed E-state index contributed by atoms with van der Waals surface area (Å²) in [5, 5.41) is 3.18. The molecule has 0 unspecified atom stereocenters. The van der Waals surface area contributed by atoms with Crippen molar-refractivity contribution in [3.63, 3.8) is 0 Å². The van der Waals surface area contributed by atoms with E-state index >= 15 is 0 Å². The molecule has 0 fully saturated rings. The number of nitrogens with one attached hydrogen (secondary N) is 1. The maximum Gasteiger partial charge on any atom is 0.148 e. The van der Waals surface area contributed by atoms with Gasteiger partial charge >= 0.3 is 0 Å². The average Bonchev–Trinajstić information content (AvgIpc) is 2.42. The van der Waals surface area contributed by atoms with E-state index in [9.17, 15) is 4.39 Å². The van der Waals surface area contributed by atoms with Crippen LogP contribution in [0.25, 0.3) is 0 Å². The molecule has 0 spiro atoms. The molecule has 19 heavy (non-hydrogen) atoms. The summed E-state index contributed by atoms with van der Waals surface area (Å²) in [4.78, 5) is 0. The van der Waals surface area contributed by atoms with E-state index < -0.39 is 0 Å². The van der Waals surface area contributed by atoms with Crippen molar-refractivity contribution in [1.29, 1.82) is 0 Å². The molecule has 2 rings (SSSR count). The van der Waals surface area contributed by atoms with Crippen molar-refractivity contribution < 1.29 is 4.39 Å². The molecule has 100 valence electrons. The summed E-state index contributed by atoms with van der Waals surface area (Å²) in [6.07, 6.45) is 2.26. The second-order valence-corrected chi connectivity index (χ2v) is 4.66. The number of halogens is 1. The quantitative estimate of drug-likeness (QED) is 0.796. The first-order valence-electron chi connectivity index (χ1n) is 6.55. The molecular weight excluding hydrogens is 239 g/mol. The lowest BCUT2D eigenvalue weighted by molar-refractivity contribution is 0.633. The minimum Gasteiger partial charge on any atom is -0.396 e. The number of rotatable bonds is 5. The molecular formula is C16H19FN2. The summed E-state index contributed by atoms with van der Waals surface area (Å²) in [7, 11) is 0. The lowest BCUT2D eigenvalue weighted by atomic mass is 10.1. The van der Waals surface area contributed by atoms with Crippen LogP contribution in [0.2, 0.25) is 0 Å². The van der Waals surface area contributed by atoms with Crippen LogP contribution in [0.3, 0.4) is 0 Å². The predicted molar refractivity (Wildman–Crippen MR) is 78.6 cm³/mol. The van der Waals surface area contributed by atoms with E-state index in [0.29, 0.717) is 6.54 Å². The zero-order chi connectivity index (χ0) is 13.7. The van der Waals surface area contributed by atoms with E-state index in [2.05, 4.69) is 36.5 Å². The van der Waals surface area contributed by atoms with Gasteiger partial charge in [0.1, 0.15) is 5.82 Å². The second kappa shape index (κ2) is 6.23. The monoisotopic (exact) mass is 258 g/mol.